The van der Waals surface area contributed by atoms with Crippen molar-refractivity contribution < 1.29 is 14.3 Å². The number of fused-ring (bicyclic) bond motifs is 1. The third-order valence-corrected chi connectivity index (χ3v) is 5.93. The Morgan fingerprint density at radius 1 is 1.32 bits per heavy atom. The van der Waals surface area contributed by atoms with Crippen molar-refractivity contribution >= 4 is 34.0 Å². The van der Waals surface area contributed by atoms with E-state index in [1.807, 2.05) is 29.6 Å². The number of benzene rings is 1. The zero-order valence-corrected chi connectivity index (χ0v) is 16.5. The van der Waals surface area contributed by atoms with Crippen LogP contribution in [0.1, 0.15) is 24.1 Å². The first-order valence-corrected chi connectivity index (χ1v) is 10.5. The monoisotopic (exact) mass is 400 g/mol. The van der Waals surface area contributed by atoms with Crippen molar-refractivity contribution in [2.24, 2.45) is 5.92 Å². The number of nitrogens with one attached hydrogen (secondary N) is 2. The van der Waals surface area contributed by atoms with E-state index in [0.717, 1.165) is 49.8 Å². The summed E-state index contributed by atoms with van der Waals surface area (Å²) in [5.74, 6) is -0.277. The first-order valence-electron chi connectivity index (χ1n) is 9.60. The minimum absolute atomic E-state index is 0.00598. The molecule has 0 aliphatic carbocycles. The van der Waals surface area contributed by atoms with Crippen LogP contribution in [0.2, 0.25) is 0 Å². The Labute approximate surface area is 168 Å². The highest BCUT2D eigenvalue weighted by Gasteiger charge is 2.26. The second-order valence-electron chi connectivity index (χ2n) is 7.17. The van der Waals surface area contributed by atoms with E-state index in [-0.39, 0.29) is 17.7 Å². The van der Waals surface area contributed by atoms with Gasteiger partial charge in [0.2, 0.25) is 11.8 Å². The van der Waals surface area contributed by atoms with Crippen molar-refractivity contribution in [1.29, 1.82) is 0 Å². The fraction of sp³-hybridized carbons (Fsp3) is 0.450. The van der Waals surface area contributed by atoms with Gasteiger partial charge in [0.05, 0.1) is 18.9 Å². The quantitative estimate of drug-likeness (QED) is 0.778. The van der Waals surface area contributed by atoms with Crippen LogP contribution in [0, 0.1) is 5.92 Å². The topological polar surface area (TPSA) is 83.6 Å². The first kappa shape index (κ1) is 19.0. The highest BCUT2D eigenvalue weighted by Crippen LogP contribution is 2.27. The Morgan fingerprint density at radius 2 is 2.14 bits per heavy atom. The van der Waals surface area contributed by atoms with Gasteiger partial charge in [-0.1, -0.05) is 18.2 Å². The van der Waals surface area contributed by atoms with Crippen molar-refractivity contribution in [2.45, 2.75) is 25.8 Å². The Balaban J connectivity index is 1.25. The lowest BCUT2D eigenvalue weighted by molar-refractivity contribution is -0.121. The van der Waals surface area contributed by atoms with Gasteiger partial charge in [-0.05, 0) is 24.5 Å². The van der Waals surface area contributed by atoms with E-state index in [9.17, 15) is 9.59 Å². The van der Waals surface area contributed by atoms with Gasteiger partial charge in [-0.15, -0.1) is 11.3 Å². The summed E-state index contributed by atoms with van der Waals surface area (Å²) in [6, 6.07) is 7.81. The van der Waals surface area contributed by atoms with Crippen LogP contribution in [0.25, 0.3) is 0 Å². The number of anilines is 2. The molecule has 0 bridgehead atoms. The molecule has 1 saturated heterocycles. The number of thiazole rings is 1. The lowest BCUT2D eigenvalue weighted by Crippen LogP contribution is -2.35. The van der Waals surface area contributed by atoms with E-state index in [1.54, 1.807) is 0 Å². The normalized spacial score (nSPS) is 19.7. The molecule has 1 unspecified atom stereocenters. The summed E-state index contributed by atoms with van der Waals surface area (Å²) in [6.07, 6.45) is 1.51. The molecular formula is C20H24N4O3S. The van der Waals surface area contributed by atoms with Gasteiger partial charge in [0.15, 0.2) is 5.13 Å². The molecule has 1 aromatic carbocycles. The predicted octanol–water partition coefficient (Wildman–Crippen LogP) is 2.51. The number of carbonyl (C=O) groups excluding carboxylic acids is 2. The van der Waals surface area contributed by atoms with Gasteiger partial charge in [-0.3, -0.25) is 14.5 Å². The van der Waals surface area contributed by atoms with Gasteiger partial charge in [0, 0.05) is 43.0 Å². The molecule has 2 aliphatic rings. The lowest BCUT2D eigenvalue weighted by atomic mass is 9.89. The number of ether oxygens (including phenoxy) is 1. The number of morpholine rings is 1. The zero-order chi connectivity index (χ0) is 19.3. The second-order valence-corrected chi connectivity index (χ2v) is 8.02. The first-order chi connectivity index (χ1) is 13.7. The highest BCUT2D eigenvalue weighted by molar-refractivity contribution is 7.13. The maximum absolute atomic E-state index is 12.3. The predicted molar refractivity (Wildman–Crippen MR) is 108 cm³/mol. The number of rotatable bonds is 6. The van der Waals surface area contributed by atoms with Crippen LogP contribution in [0.3, 0.4) is 0 Å². The van der Waals surface area contributed by atoms with Gasteiger partial charge in [0.25, 0.3) is 0 Å². The number of hydrogen-bond donors (Lipinski definition) is 2. The number of amides is 2. The Bertz CT molecular complexity index is 847. The van der Waals surface area contributed by atoms with Crippen molar-refractivity contribution in [3.05, 3.63) is 40.9 Å². The van der Waals surface area contributed by atoms with Crippen LogP contribution in [0.4, 0.5) is 10.8 Å². The maximum Gasteiger partial charge on any atom is 0.227 e. The fourth-order valence-corrected chi connectivity index (χ4v) is 4.28. The van der Waals surface area contributed by atoms with Crippen LogP contribution >= 0.6 is 11.3 Å². The van der Waals surface area contributed by atoms with Crippen LogP contribution < -0.4 is 10.6 Å². The van der Waals surface area contributed by atoms with Gasteiger partial charge < -0.3 is 15.4 Å². The molecule has 0 saturated carbocycles. The summed E-state index contributed by atoms with van der Waals surface area (Å²) in [5.41, 5.74) is 2.97. The Morgan fingerprint density at radius 3 is 3.00 bits per heavy atom. The largest absolute Gasteiger partial charge is 0.379 e. The minimum Gasteiger partial charge on any atom is -0.379 e. The van der Waals surface area contributed by atoms with E-state index < -0.39 is 0 Å². The molecule has 2 aliphatic heterocycles. The summed E-state index contributed by atoms with van der Waals surface area (Å²) < 4.78 is 5.35. The summed E-state index contributed by atoms with van der Waals surface area (Å²) in [5, 5.41) is 8.40. The van der Waals surface area contributed by atoms with E-state index in [1.165, 1.54) is 11.3 Å². The molecule has 0 radical (unpaired) electrons. The number of aromatic nitrogens is 1. The van der Waals surface area contributed by atoms with E-state index in [4.69, 9.17) is 4.74 Å². The van der Waals surface area contributed by atoms with Crippen molar-refractivity contribution in [1.82, 2.24) is 9.88 Å². The summed E-state index contributed by atoms with van der Waals surface area (Å²) in [7, 11) is 0. The lowest BCUT2D eigenvalue weighted by Gasteiger charge is -2.25. The van der Waals surface area contributed by atoms with E-state index in [2.05, 4.69) is 20.5 Å². The highest BCUT2D eigenvalue weighted by atomic mass is 32.1. The molecule has 2 aromatic rings. The third-order valence-electron chi connectivity index (χ3n) is 5.12. The molecule has 3 heterocycles. The molecule has 1 aromatic heterocycles. The van der Waals surface area contributed by atoms with Gasteiger partial charge in [-0.2, -0.15) is 0 Å². The SMILES string of the molecule is O=C(CCC1Cc2ccccc2NC1=O)Nc1nc(CN2CCOCC2)cs1. The maximum atomic E-state index is 12.3. The third kappa shape index (κ3) is 4.76. The van der Waals surface area contributed by atoms with Crippen molar-refractivity contribution in [2.75, 3.05) is 36.9 Å². The number of hydrogen-bond acceptors (Lipinski definition) is 6. The molecule has 28 heavy (non-hydrogen) atoms. The number of nitrogens with zero attached hydrogens (tertiary/aromatic N) is 2. The average Bonchev–Trinajstić information content (AvgIpc) is 3.13. The van der Waals surface area contributed by atoms with Gasteiger partial charge in [0.1, 0.15) is 0 Å². The number of carbonyl (C=O) groups is 2. The van der Waals surface area contributed by atoms with Gasteiger partial charge >= 0.3 is 0 Å². The molecule has 2 amide bonds. The van der Waals surface area contributed by atoms with Crippen LogP contribution in [-0.2, 0) is 27.3 Å². The molecule has 7 nitrogen and oxygen atoms in total. The molecular weight excluding hydrogens is 376 g/mol. The number of para-hydroxylation sites is 1. The molecule has 1 fully saturated rings. The smallest absolute Gasteiger partial charge is 0.227 e. The molecule has 0 spiro atoms. The Kier molecular flexibility index (Phi) is 5.99. The molecule has 2 N–H and O–H groups in total. The van der Waals surface area contributed by atoms with Crippen LogP contribution in [0.5, 0.6) is 0 Å². The van der Waals surface area contributed by atoms with Crippen LogP contribution in [0.15, 0.2) is 29.6 Å². The average molecular weight is 401 g/mol. The van der Waals surface area contributed by atoms with Crippen LogP contribution in [-0.4, -0.2) is 48.0 Å². The summed E-state index contributed by atoms with van der Waals surface area (Å²) >= 11 is 1.44. The zero-order valence-electron chi connectivity index (χ0n) is 15.6. The fourth-order valence-electron chi connectivity index (χ4n) is 3.56. The molecule has 8 heteroatoms. The van der Waals surface area contributed by atoms with E-state index >= 15 is 0 Å². The van der Waals surface area contributed by atoms with Crippen molar-refractivity contribution in [3.63, 3.8) is 0 Å². The van der Waals surface area contributed by atoms with Gasteiger partial charge in [-0.25, -0.2) is 4.98 Å². The molecule has 4 rings (SSSR count). The minimum atomic E-state index is -0.172. The molecule has 1 atom stereocenters. The second kappa shape index (κ2) is 8.81. The van der Waals surface area contributed by atoms with E-state index in [0.29, 0.717) is 24.4 Å². The Hall–Kier alpha value is -2.29. The molecule has 148 valence electrons. The standard InChI is InChI=1S/C20H24N4O3S/c25-18(6-5-15-11-14-3-1-2-4-17(14)22-19(15)26)23-20-21-16(13-28-20)12-24-7-9-27-10-8-24/h1-4,13,15H,5-12H2,(H,22,26)(H,21,23,25). The summed E-state index contributed by atoms with van der Waals surface area (Å²) in [4.78, 5) is 31.4. The van der Waals surface area contributed by atoms with Crippen molar-refractivity contribution in [3.8, 4) is 0 Å². The summed E-state index contributed by atoms with van der Waals surface area (Å²) in [6.45, 7) is 4.11.